The Labute approximate surface area is 81.1 Å². The summed E-state index contributed by atoms with van der Waals surface area (Å²) in [5, 5.41) is 0. The van der Waals surface area contributed by atoms with Gasteiger partial charge in [0.25, 0.3) is 0 Å². The zero-order chi connectivity index (χ0) is 8.84. The van der Waals surface area contributed by atoms with E-state index in [1.807, 2.05) is 0 Å². The first-order valence-electron chi connectivity index (χ1n) is 6.08. The van der Waals surface area contributed by atoms with Crippen LogP contribution in [0.25, 0.3) is 0 Å². The van der Waals surface area contributed by atoms with Gasteiger partial charge in [0.2, 0.25) is 0 Å². The van der Waals surface area contributed by atoms with Crippen molar-refractivity contribution in [3.05, 3.63) is 0 Å². The summed E-state index contributed by atoms with van der Waals surface area (Å²) < 4.78 is 0. The van der Waals surface area contributed by atoms with E-state index in [0.717, 1.165) is 23.7 Å². The first kappa shape index (κ1) is 8.28. The third-order valence-electron chi connectivity index (χ3n) is 4.91. The third-order valence-corrected chi connectivity index (χ3v) is 4.91. The van der Waals surface area contributed by atoms with Gasteiger partial charge in [-0.2, -0.15) is 0 Å². The summed E-state index contributed by atoms with van der Waals surface area (Å²) in [6, 6.07) is 0.545. The maximum absolute atomic E-state index is 5.99. The fourth-order valence-electron chi connectivity index (χ4n) is 4.31. The van der Waals surface area contributed by atoms with Crippen LogP contribution < -0.4 is 5.73 Å². The summed E-state index contributed by atoms with van der Waals surface area (Å²) in [7, 11) is 0. The maximum Gasteiger partial charge on any atom is 0.00416 e. The normalized spacial score (nSPS) is 54.7. The number of hydrogen-bond donors (Lipinski definition) is 1. The van der Waals surface area contributed by atoms with E-state index in [-0.39, 0.29) is 0 Å². The molecule has 0 aliphatic heterocycles. The SMILES string of the molecule is NC1CCC(C2CC3CCC2C3)C1. The zero-order valence-corrected chi connectivity index (χ0v) is 8.41. The van der Waals surface area contributed by atoms with E-state index in [1.54, 1.807) is 25.7 Å². The number of hydrogen-bond acceptors (Lipinski definition) is 1. The van der Waals surface area contributed by atoms with Crippen LogP contribution in [0.4, 0.5) is 0 Å². The van der Waals surface area contributed by atoms with Gasteiger partial charge in [0.1, 0.15) is 0 Å². The van der Waals surface area contributed by atoms with Crippen LogP contribution in [0.1, 0.15) is 44.9 Å². The second kappa shape index (κ2) is 2.98. The fourth-order valence-corrected chi connectivity index (χ4v) is 4.31. The Balaban J connectivity index is 1.66. The molecule has 0 heterocycles. The predicted octanol–water partition coefficient (Wildman–Crippen LogP) is 2.55. The smallest absolute Gasteiger partial charge is 0.00416 e. The summed E-state index contributed by atoms with van der Waals surface area (Å²) in [5.74, 6) is 4.34. The van der Waals surface area contributed by atoms with Crippen LogP contribution >= 0.6 is 0 Å². The molecule has 3 rings (SSSR count). The molecule has 3 saturated carbocycles. The molecule has 3 aliphatic rings. The van der Waals surface area contributed by atoms with Crippen LogP contribution in [0.3, 0.4) is 0 Å². The van der Waals surface area contributed by atoms with Crippen molar-refractivity contribution in [1.82, 2.24) is 0 Å². The van der Waals surface area contributed by atoms with Gasteiger partial charge < -0.3 is 5.73 Å². The zero-order valence-electron chi connectivity index (χ0n) is 8.41. The van der Waals surface area contributed by atoms with Crippen molar-refractivity contribution in [2.24, 2.45) is 29.4 Å². The van der Waals surface area contributed by atoms with Gasteiger partial charge in [-0.05, 0) is 62.2 Å². The number of fused-ring (bicyclic) bond motifs is 2. The molecule has 2 bridgehead atoms. The van der Waals surface area contributed by atoms with Crippen molar-refractivity contribution in [1.29, 1.82) is 0 Å². The van der Waals surface area contributed by atoms with Crippen LogP contribution in [0.5, 0.6) is 0 Å². The molecule has 0 spiro atoms. The molecule has 5 atom stereocenters. The largest absolute Gasteiger partial charge is 0.328 e. The van der Waals surface area contributed by atoms with Crippen molar-refractivity contribution in [2.45, 2.75) is 51.0 Å². The quantitative estimate of drug-likeness (QED) is 0.657. The van der Waals surface area contributed by atoms with Crippen LogP contribution in [0, 0.1) is 23.7 Å². The highest BCUT2D eigenvalue weighted by molar-refractivity contribution is 4.95. The van der Waals surface area contributed by atoms with E-state index in [2.05, 4.69) is 0 Å². The van der Waals surface area contributed by atoms with Gasteiger partial charge in [-0.15, -0.1) is 0 Å². The van der Waals surface area contributed by atoms with Crippen molar-refractivity contribution < 1.29 is 0 Å². The first-order valence-corrected chi connectivity index (χ1v) is 6.08. The minimum Gasteiger partial charge on any atom is -0.328 e. The minimum absolute atomic E-state index is 0.545. The highest BCUT2D eigenvalue weighted by atomic mass is 14.7. The third kappa shape index (κ3) is 1.32. The molecule has 1 nitrogen and oxygen atoms in total. The van der Waals surface area contributed by atoms with Gasteiger partial charge in [-0.25, -0.2) is 0 Å². The van der Waals surface area contributed by atoms with E-state index in [9.17, 15) is 0 Å². The van der Waals surface area contributed by atoms with Crippen LogP contribution in [0.15, 0.2) is 0 Å². The Morgan fingerprint density at radius 2 is 1.54 bits per heavy atom. The molecule has 5 unspecified atom stereocenters. The highest BCUT2D eigenvalue weighted by Crippen LogP contribution is 2.53. The van der Waals surface area contributed by atoms with Gasteiger partial charge >= 0.3 is 0 Å². The monoisotopic (exact) mass is 179 g/mol. The van der Waals surface area contributed by atoms with Gasteiger partial charge in [0.05, 0.1) is 0 Å². The molecule has 0 aromatic heterocycles. The Hall–Kier alpha value is -0.0400. The standard InChI is InChI=1S/C12H21N/c13-11-4-3-10(7-11)12-6-8-1-2-9(12)5-8/h8-12H,1-7,13H2. The lowest BCUT2D eigenvalue weighted by Crippen LogP contribution is -2.21. The molecule has 0 radical (unpaired) electrons. The Morgan fingerprint density at radius 3 is 2.08 bits per heavy atom. The minimum atomic E-state index is 0.545. The molecule has 1 heteroatoms. The molecule has 3 aliphatic carbocycles. The lowest BCUT2D eigenvalue weighted by molar-refractivity contribution is 0.229. The van der Waals surface area contributed by atoms with Crippen LogP contribution in [-0.2, 0) is 0 Å². The van der Waals surface area contributed by atoms with Gasteiger partial charge in [-0.1, -0.05) is 6.42 Å². The lowest BCUT2D eigenvalue weighted by Gasteiger charge is -2.27. The predicted molar refractivity (Wildman–Crippen MR) is 54.3 cm³/mol. The van der Waals surface area contributed by atoms with E-state index in [4.69, 9.17) is 5.73 Å². The molecular formula is C12H21N. The van der Waals surface area contributed by atoms with Crippen LogP contribution in [0.2, 0.25) is 0 Å². The molecule has 13 heavy (non-hydrogen) atoms. The molecule has 0 saturated heterocycles. The van der Waals surface area contributed by atoms with E-state index in [0.29, 0.717) is 6.04 Å². The summed E-state index contributed by atoms with van der Waals surface area (Å²) in [5.41, 5.74) is 5.99. The average Bonchev–Trinajstić information content (AvgIpc) is 2.77. The van der Waals surface area contributed by atoms with Crippen LogP contribution in [-0.4, -0.2) is 6.04 Å². The van der Waals surface area contributed by atoms with Gasteiger partial charge in [-0.3, -0.25) is 0 Å². The molecule has 0 amide bonds. The molecule has 2 N–H and O–H groups in total. The first-order chi connectivity index (χ1) is 6.33. The Kier molecular flexibility index (Phi) is 1.90. The van der Waals surface area contributed by atoms with Gasteiger partial charge in [0, 0.05) is 6.04 Å². The van der Waals surface area contributed by atoms with E-state index < -0.39 is 0 Å². The highest BCUT2D eigenvalue weighted by Gasteiger charge is 2.44. The second-order valence-corrected chi connectivity index (χ2v) is 5.67. The Bertz CT molecular complexity index is 201. The van der Waals surface area contributed by atoms with Crippen molar-refractivity contribution in [3.63, 3.8) is 0 Å². The van der Waals surface area contributed by atoms with E-state index in [1.165, 1.54) is 19.3 Å². The topological polar surface area (TPSA) is 26.0 Å². The van der Waals surface area contributed by atoms with Crippen molar-refractivity contribution in [3.8, 4) is 0 Å². The second-order valence-electron chi connectivity index (χ2n) is 5.67. The van der Waals surface area contributed by atoms with Crippen molar-refractivity contribution in [2.75, 3.05) is 0 Å². The molecule has 0 aromatic carbocycles. The summed E-state index contributed by atoms with van der Waals surface area (Å²) in [6.45, 7) is 0. The molecule has 3 fully saturated rings. The lowest BCUT2D eigenvalue weighted by atomic mass is 9.78. The summed E-state index contributed by atoms with van der Waals surface area (Å²) in [6.07, 6.45) is 10.3. The number of nitrogens with two attached hydrogens (primary N) is 1. The fraction of sp³-hybridized carbons (Fsp3) is 1.00. The van der Waals surface area contributed by atoms with Crippen molar-refractivity contribution >= 4 is 0 Å². The maximum atomic E-state index is 5.99. The summed E-state index contributed by atoms with van der Waals surface area (Å²) >= 11 is 0. The summed E-state index contributed by atoms with van der Waals surface area (Å²) in [4.78, 5) is 0. The van der Waals surface area contributed by atoms with Gasteiger partial charge in [0.15, 0.2) is 0 Å². The molecule has 0 aromatic rings. The average molecular weight is 179 g/mol. The molecule has 74 valence electrons. The number of rotatable bonds is 1. The molecular weight excluding hydrogens is 158 g/mol. The Morgan fingerprint density at radius 1 is 0.769 bits per heavy atom. The van der Waals surface area contributed by atoms with E-state index >= 15 is 0 Å².